The summed E-state index contributed by atoms with van der Waals surface area (Å²) in [6.07, 6.45) is 5.01. The Labute approximate surface area is 159 Å². The van der Waals surface area contributed by atoms with Crippen LogP contribution in [0.5, 0.6) is 11.5 Å². The molecule has 1 saturated carbocycles. The maximum atomic E-state index is 5.46. The number of anilines is 1. The maximum Gasteiger partial charge on any atom is 0.161 e. The first-order valence-electron chi connectivity index (χ1n) is 9.46. The highest BCUT2D eigenvalue weighted by Crippen LogP contribution is 2.34. The summed E-state index contributed by atoms with van der Waals surface area (Å²) in [5.41, 5.74) is 4.83. The van der Waals surface area contributed by atoms with Gasteiger partial charge in [-0.25, -0.2) is 4.98 Å². The summed E-state index contributed by atoms with van der Waals surface area (Å²) in [5, 5.41) is 8.57. The highest BCUT2D eigenvalue weighted by Gasteiger charge is 2.20. The molecule has 2 aromatic heterocycles. The lowest BCUT2D eigenvalue weighted by atomic mass is 10.1. The van der Waals surface area contributed by atoms with Gasteiger partial charge in [-0.15, -0.1) is 0 Å². The second-order valence-corrected chi connectivity index (χ2v) is 7.19. The van der Waals surface area contributed by atoms with Crippen LogP contribution in [0, 0.1) is 13.8 Å². The molecule has 0 amide bonds. The molecule has 6 heteroatoms. The third-order valence-electron chi connectivity index (χ3n) is 5.31. The van der Waals surface area contributed by atoms with E-state index in [1.54, 1.807) is 14.2 Å². The van der Waals surface area contributed by atoms with Gasteiger partial charge >= 0.3 is 0 Å². The molecule has 1 aromatic carbocycles. The Morgan fingerprint density at radius 1 is 1.04 bits per heavy atom. The number of hydrogen-bond acceptors (Lipinski definition) is 5. The fraction of sp³-hybridized carbons (Fsp3) is 0.429. The number of nitrogens with one attached hydrogen (secondary N) is 1. The number of methoxy groups -OCH3 is 2. The molecular formula is C21H26N4O2. The first-order chi connectivity index (χ1) is 13.1. The summed E-state index contributed by atoms with van der Waals surface area (Å²) in [6.45, 7) is 4.10. The van der Waals surface area contributed by atoms with E-state index < -0.39 is 0 Å². The molecule has 1 N–H and O–H groups in total. The lowest BCUT2D eigenvalue weighted by Gasteiger charge is -2.15. The molecule has 0 saturated heterocycles. The van der Waals surface area contributed by atoms with Crippen molar-refractivity contribution in [3.05, 3.63) is 35.5 Å². The van der Waals surface area contributed by atoms with E-state index in [-0.39, 0.29) is 0 Å². The largest absolute Gasteiger partial charge is 0.493 e. The summed E-state index contributed by atoms with van der Waals surface area (Å²) in [5.74, 6) is 2.42. The Balaban J connectivity index is 1.81. The summed E-state index contributed by atoms with van der Waals surface area (Å²) >= 11 is 0. The van der Waals surface area contributed by atoms with E-state index in [4.69, 9.17) is 19.6 Å². The number of rotatable bonds is 5. The summed E-state index contributed by atoms with van der Waals surface area (Å²) < 4.78 is 12.7. The van der Waals surface area contributed by atoms with E-state index in [1.165, 1.54) is 25.7 Å². The molecule has 6 nitrogen and oxygen atoms in total. The highest BCUT2D eigenvalue weighted by atomic mass is 16.5. The number of aryl methyl sites for hydroxylation is 2. The zero-order valence-corrected chi connectivity index (χ0v) is 16.4. The topological polar surface area (TPSA) is 60.7 Å². The van der Waals surface area contributed by atoms with Gasteiger partial charge in [-0.3, -0.25) is 0 Å². The minimum Gasteiger partial charge on any atom is -0.493 e. The van der Waals surface area contributed by atoms with Crippen molar-refractivity contribution < 1.29 is 9.47 Å². The molecule has 0 spiro atoms. The van der Waals surface area contributed by atoms with E-state index in [0.29, 0.717) is 17.5 Å². The number of aromatic nitrogens is 3. The normalized spacial score (nSPS) is 14.7. The van der Waals surface area contributed by atoms with E-state index in [9.17, 15) is 0 Å². The number of ether oxygens (including phenoxy) is 2. The van der Waals surface area contributed by atoms with Crippen LogP contribution >= 0.6 is 0 Å². The second kappa shape index (κ2) is 7.10. The zero-order valence-electron chi connectivity index (χ0n) is 16.4. The molecule has 1 fully saturated rings. The van der Waals surface area contributed by atoms with Gasteiger partial charge in [0.15, 0.2) is 17.1 Å². The Bertz CT molecular complexity index is 974. The molecule has 0 bridgehead atoms. The van der Waals surface area contributed by atoms with Crippen molar-refractivity contribution in [2.24, 2.45) is 0 Å². The van der Waals surface area contributed by atoms with Crippen molar-refractivity contribution in [2.75, 3.05) is 19.5 Å². The van der Waals surface area contributed by atoms with Crippen LogP contribution in [0.15, 0.2) is 24.3 Å². The molecule has 0 radical (unpaired) electrons. The van der Waals surface area contributed by atoms with Gasteiger partial charge in [-0.05, 0) is 44.9 Å². The monoisotopic (exact) mass is 366 g/mol. The Hall–Kier alpha value is -2.76. The molecule has 2 heterocycles. The minimum absolute atomic E-state index is 0.518. The quantitative estimate of drug-likeness (QED) is 0.726. The van der Waals surface area contributed by atoms with E-state index >= 15 is 0 Å². The molecule has 0 unspecified atom stereocenters. The molecule has 1 aliphatic rings. The predicted octanol–water partition coefficient (Wildman–Crippen LogP) is 4.38. The maximum absolute atomic E-state index is 5.46. The van der Waals surface area contributed by atoms with E-state index in [1.807, 2.05) is 29.6 Å². The van der Waals surface area contributed by atoms with Gasteiger partial charge in [-0.2, -0.15) is 9.61 Å². The van der Waals surface area contributed by atoms with Crippen molar-refractivity contribution in [3.8, 4) is 22.8 Å². The third-order valence-corrected chi connectivity index (χ3v) is 5.31. The van der Waals surface area contributed by atoms with Crippen LogP contribution in [0.2, 0.25) is 0 Å². The van der Waals surface area contributed by atoms with Crippen LogP contribution in [0.25, 0.3) is 16.9 Å². The van der Waals surface area contributed by atoms with Crippen molar-refractivity contribution in [1.82, 2.24) is 14.6 Å². The first-order valence-corrected chi connectivity index (χ1v) is 9.46. The first kappa shape index (κ1) is 17.6. The van der Waals surface area contributed by atoms with Gasteiger partial charge < -0.3 is 14.8 Å². The van der Waals surface area contributed by atoms with Crippen LogP contribution < -0.4 is 14.8 Å². The zero-order chi connectivity index (χ0) is 19.0. The molecule has 0 aliphatic heterocycles. The van der Waals surface area contributed by atoms with Gasteiger partial charge in [0.2, 0.25) is 0 Å². The number of benzene rings is 1. The second-order valence-electron chi connectivity index (χ2n) is 7.19. The van der Waals surface area contributed by atoms with Crippen molar-refractivity contribution in [3.63, 3.8) is 0 Å². The van der Waals surface area contributed by atoms with Gasteiger partial charge in [0.25, 0.3) is 0 Å². The van der Waals surface area contributed by atoms with Crippen LogP contribution in [-0.4, -0.2) is 34.9 Å². The molecule has 3 aromatic rings. The SMILES string of the molecule is COc1ccc(-c2nn3c(NC4CCCC4)cc(C)nc3c2C)cc1OC. The van der Waals surface area contributed by atoms with Gasteiger partial charge in [-0.1, -0.05) is 12.8 Å². The number of fused-ring (bicyclic) bond motifs is 1. The number of nitrogens with zero attached hydrogens (tertiary/aromatic N) is 3. The lowest BCUT2D eigenvalue weighted by molar-refractivity contribution is 0.355. The van der Waals surface area contributed by atoms with E-state index in [2.05, 4.69) is 18.3 Å². The standard InChI is InChI=1S/C21H26N4O2/c1-13-11-19(23-16-7-5-6-8-16)25-21(22-13)14(2)20(24-25)15-9-10-17(26-3)18(12-15)27-4/h9-12,16,23H,5-8H2,1-4H3. The molecule has 0 atom stereocenters. The smallest absolute Gasteiger partial charge is 0.161 e. The third kappa shape index (κ3) is 3.20. The highest BCUT2D eigenvalue weighted by molar-refractivity contribution is 5.73. The van der Waals surface area contributed by atoms with Gasteiger partial charge in [0.05, 0.1) is 19.9 Å². The summed E-state index contributed by atoms with van der Waals surface area (Å²) in [7, 11) is 3.29. The van der Waals surface area contributed by atoms with Crippen molar-refractivity contribution in [2.45, 2.75) is 45.6 Å². The average molecular weight is 366 g/mol. The molecular weight excluding hydrogens is 340 g/mol. The van der Waals surface area contributed by atoms with Gasteiger partial charge in [0, 0.05) is 28.9 Å². The summed E-state index contributed by atoms with van der Waals surface area (Å²) in [6, 6.07) is 8.48. The molecule has 1 aliphatic carbocycles. The van der Waals surface area contributed by atoms with E-state index in [0.717, 1.165) is 34.0 Å². The average Bonchev–Trinajstić information content (AvgIpc) is 3.30. The van der Waals surface area contributed by atoms with Crippen LogP contribution in [0.4, 0.5) is 5.82 Å². The Morgan fingerprint density at radius 2 is 1.78 bits per heavy atom. The predicted molar refractivity (Wildman–Crippen MR) is 107 cm³/mol. The fourth-order valence-corrected chi connectivity index (χ4v) is 3.88. The van der Waals surface area contributed by atoms with Crippen LogP contribution in [-0.2, 0) is 0 Å². The van der Waals surface area contributed by atoms with Crippen LogP contribution in [0.1, 0.15) is 36.9 Å². The van der Waals surface area contributed by atoms with Crippen molar-refractivity contribution in [1.29, 1.82) is 0 Å². The minimum atomic E-state index is 0.518. The summed E-state index contributed by atoms with van der Waals surface area (Å²) in [4.78, 5) is 4.74. The molecule has 142 valence electrons. The van der Waals surface area contributed by atoms with Gasteiger partial charge in [0.1, 0.15) is 5.82 Å². The Morgan fingerprint density at radius 3 is 2.48 bits per heavy atom. The van der Waals surface area contributed by atoms with Crippen molar-refractivity contribution >= 4 is 11.5 Å². The fourth-order valence-electron chi connectivity index (χ4n) is 3.88. The molecule has 4 rings (SSSR count). The molecule has 27 heavy (non-hydrogen) atoms. The Kier molecular flexibility index (Phi) is 4.64. The van der Waals surface area contributed by atoms with Crippen LogP contribution in [0.3, 0.4) is 0 Å². The lowest BCUT2D eigenvalue weighted by Crippen LogP contribution is -2.17. The number of hydrogen-bond donors (Lipinski definition) is 1.